The standard InChI is InChI=1S/C24H18BrF4N5O/c25-20-21(23(35)33-12-10-32(11-13-33)17-8-6-16(26)7-9-17)31-34-19(24(27,28)29)14-18(30-22(20)34)15-4-2-1-3-5-15/h1-9,14H,10-13H2. The van der Waals surface area contributed by atoms with Gasteiger partial charge in [0.1, 0.15) is 5.82 Å². The number of hydrogen-bond donors (Lipinski definition) is 0. The number of carbonyl (C=O) groups is 1. The van der Waals surface area contributed by atoms with Crippen LogP contribution in [0, 0.1) is 5.82 Å². The van der Waals surface area contributed by atoms with Gasteiger partial charge in [0.05, 0.1) is 10.2 Å². The second-order valence-electron chi connectivity index (χ2n) is 8.04. The maximum Gasteiger partial charge on any atom is 0.433 e. The minimum atomic E-state index is -4.71. The Balaban J connectivity index is 1.46. The van der Waals surface area contributed by atoms with Gasteiger partial charge in [-0.25, -0.2) is 13.9 Å². The summed E-state index contributed by atoms with van der Waals surface area (Å²) in [7, 11) is 0. The summed E-state index contributed by atoms with van der Waals surface area (Å²) in [5.41, 5.74) is 0.217. The van der Waals surface area contributed by atoms with Crippen LogP contribution in [0.4, 0.5) is 23.2 Å². The molecule has 4 aromatic rings. The molecule has 5 rings (SSSR count). The number of halogens is 5. The first-order chi connectivity index (χ1) is 16.7. The average Bonchev–Trinajstić information content (AvgIpc) is 3.20. The van der Waals surface area contributed by atoms with Gasteiger partial charge in [0, 0.05) is 37.4 Å². The highest BCUT2D eigenvalue weighted by Crippen LogP contribution is 2.35. The molecule has 1 aliphatic heterocycles. The molecule has 0 saturated carbocycles. The fraction of sp³-hybridized carbons (Fsp3) is 0.208. The number of rotatable bonds is 3. The Bertz CT molecular complexity index is 1380. The van der Waals surface area contributed by atoms with E-state index in [4.69, 9.17) is 0 Å². The van der Waals surface area contributed by atoms with Crippen molar-refractivity contribution in [3.05, 3.63) is 82.3 Å². The van der Waals surface area contributed by atoms with Crippen LogP contribution in [0.5, 0.6) is 0 Å². The van der Waals surface area contributed by atoms with Crippen molar-refractivity contribution >= 4 is 33.2 Å². The monoisotopic (exact) mass is 547 g/mol. The molecular weight excluding hydrogens is 530 g/mol. The molecule has 1 fully saturated rings. The molecule has 0 unspecified atom stereocenters. The van der Waals surface area contributed by atoms with Crippen LogP contribution in [-0.4, -0.2) is 51.6 Å². The second-order valence-corrected chi connectivity index (χ2v) is 8.84. The van der Waals surface area contributed by atoms with Gasteiger partial charge in [0.2, 0.25) is 0 Å². The fourth-order valence-electron chi connectivity index (χ4n) is 4.06. The van der Waals surface area contributed by atoms with E-state index in [1.807, 2.05) is 4.90 Å². The van der Waals surface area contributed by atoms with Crippen LogP contribution in [0.25, 0.3) is 16.9 Å². The highest BCUT2D eigenvalue weighted by atomic mass is 79.9. The Kier molecular flexibility index (Phi) is 5.96. The molecule has 180 valence electrons. The van der Waals surface area contributed by atoms with Crippen molar-refractivity contribution in [1.29, 1.82) is 0 Å². The first kappa shape index (κ1) is 23.3. The van der Waals surface area contributed by atoms with E-state index in [9.17, 15) is 22.4 Å². The van der Waals surface area contributed by atoms with E-state index in [2.05, 4.69) is 26.0 Å². The number of anilines is 1. The number of alkyl halides is 3. The van der Waals surface area contributed by atoms with Gasteiger partial charge < -0.3 is 9.80 Å². The minimum Gasteiger partial charge on any atom is -0.368 e. The lowest BCUT2D eigenvalue weighted by molar-refractivity contribution is -0.142. The van der Waals surface area contributed by atoms with Crippen molar-refractivity contribution in [1.82, 2.24) is 19.5 Å². The van der Waals surface area contributed by atoms with Crippen molar-refractivity contribution in [2.75, 3.05) is 31.1 Å². The fourth-order valence-corrected chi connectivity index (χ4v) is 4.56. The van der Waals surface area contributed by atoms with Crippen LogP contribution in [-0.2, 0) is 6.18 Å². The van der Waals surface area contributed by atoms with E-state index < -0.39 is 17.8 Å². The summed E-state index contributed by atoms with van der Waals surface area (Å²) in [6, 6.07) is 15.5. The van der Waals surface area contributed by atoms with Crippen molar-refractivity contribution in [2.45, 2.75) is 6.18 Å². The molecular formula is C24H18BrF4N5O. The molecule has 2 aromatic heterocycles. The van der Waals surface area contributed by atoms with Crippen molar-refractivity contribution in [2.24, 2.45) is 0 Å². The molecule has 0 atom stereocenters. The third-order valence-electron chi connectivity index (χ3n) is 5.85. The summed E-state index contributed by atoms with van der Waals surface area (Å²) in [5.74, 6) is -0.822. The second kappa shape index (κ2) is 8.95. The maximum atomic E-state index is 13.9. The predicted octanol–water partition coefficient (Wildman–Crippen LogP) is 5.28. The molecule has 0 N–H and O–H groups in total. The normalized spacial score (nSPS) is 14.5. The van der Waals surface area contributed by atoms with Gasteiger partial charge in [-0.3, -0.25) is 4.79 Å². The Hall–Kier alpha value is -3.47. The maximum absolute atomic E-state index is 13.9. The molecule has 1 amide bonds. The van der Waals surface area contributed by atoms with Gasteiger partial charge in [-0.15, -0.1) is 0 Å². The van der Waals surface area contributed by atoms with Crippen LogP contribution in [0.1, 0.15) is 16.2 Å². The van der Waals surface area contributed by atoms with E-state index in [-0.39, 0.29) is 27.3 Å². The molecule has 35 heavy (non-hydrogen) atoms. The SMILES string of the molecule is O=C(c1nn2c(C(F)(F)F)cc(-c3ccccc3)nc2c1Br)N1CCN(c2ccc(F)cc2)CC1. The number of nitrogens with zero attached hydrogens (tertiary/aromatic N) is 5. The topological polar surface area (TPSA) is 53.7 Å². The smallest absolute Gasteiger partial charge is 0.368 e. The van der Waals surface area contributed by atoms with E-state index in [0.29, 0.717) is 36.3 Å². The quantitative estimate of drug-likeness (QED) is 0.327. The number of aromatic nitrogens is 3. The zero-order valence-corrected chi connectivity index (χ0v) is 19.7. The Labute approximate surface area is 205 Å². The van der Waals surface area contributed by atoms with Gasteiger partial charge in [0.25, 0.3) is 5.91 Å². The lowest BCUT2D eigenvalue weighted by Gasteiger charge is -2.35. The molecule has 1 aliphatic rings. The van der Waals surface area contributed by atoms with Gasteiger partial charge in [-0.05, 0) is 46.3 Å². The molecule has 0 bridgehead atoms. The van der Waals surface area contributed by atoms with Crippen molar-refractivity contribution in [3.8, 4) is 11.3 Å². The highest BCUT2D eigenvalue weighted by molar-refractivity contribution is 9.10. The van der Waals surface area contributed by atoms with Crippen LogP contribution < -0.4 is 4.90 Å². The zero-order valence-electron chi connectivity index (χ0n) is 18.1. The summed E-state index contributed by atoms with van der Waals surface area (Å²) in [5, 5.41) is 4.02. The summed E-state index contributed by atoms with van der Waals surface area (Å²) in [6.07, 6.45) is -4.71. The first-order valence-corrected chi connectivity index (χ1v) is 11.5. The lowest BCUT2D eigenvalue weighted by atomic mass is 10.1. The van der Waals surface area contributed by atoms with Gasteiger partial charge in [0.15, 0.2) is 17.0 Å². The minimum absolute atomic E-state index is 0.0908. The van der Waals surface area contributed by atoms with Gasteiger partial charge >= 0.3 is 6.18 Å². The van der Waals surface area contributed by atoms with Crippen molar-refractivity contribution in [3.63, 3.8) is 0 Å². The van der Waals surface area contributed by atoms with E-state index in [0.717, 1.165) is 11.8 Å². The van der Waals surface area contributed by atoms with Gasteiger partial charge in [-0.2, -0.15) is 18.3 Å². The lowest BCUT2D eigenvalue weighted by Crippen LogP contribution is -2.49. The number of hydrogen-bond acceptors (Lipinski definition) is 4. The van der Waals surface area contributed by atoms with Crippen LogP contribution in [0.2, 0.25) is 0 Å². The molecule has 11 heteroatoms. The number of fused-ring (bicyclic) bond motifs is 1. The number of benzene rings is 2. The molecule has 2 aromatic carbocycles. The predicted molar refractivity (Wildman–Crippen MR) is 126 cm³/mol. The summed E-state index contributed by atoms with van der Waals surface area (Å²) < 4.78 is 55.7. The molecule has 1 saturated heterocycles. The number of amides is 1. The molecule has 6 nitrogen and oxygen atoms in total. The molecule has 3 heterocycles. The third-order valence-corrected chi connectivity index (χ3v) is 6.58. The van der Waals surface area contributed by atoms with E-state index >= 15 is 0 Å². The summed E-state index contributed by atoms with van der Waals surface area (Å²) in [4.78, 5) is 21.2. The largest absolute Gasteiger partial charge is 0.433 e. The average molecular weight is 548 g/mol. The molecule has 0 spiro atoms. The van der Waals surface area contributed by atoms with Crippen LogP contribution in [0.3, 0.4) is 0 Å². The van der Waals surface area contributed by atoms with Crippen molar-refractivity contribution < 1.29 is 22.4 Å². The summed E-state index contributed by atoms with van der Waals surface area (Å²) >= 11 is 3.28. The Morgan fingerprint density at radius 3 is 2.23 bits per heavy atom. The first-order valence-electron chi connectivity index (χ1n) is 10.7. The van der Waals surface area contributed by atoms with Gasteiger partial charge in [-0.1, -0.05) is 30.3 Å². The Morgan fingerprint density at radius 2 is 1.60 bits per heavy atom. The molecule has 0 aliphatic carbocycles. The third kappa shape index (κ3) is 4.47. The summed E-state index contributed by atoms with van der Waals surface area (Å²) in [6.45, 7) is 1.66. The number of piperazine rings is 1. The van der Waals surface area contributed by atoms with E-state index in [1.165, 1.54) is 17.0 Å². The zero-order chi connectivity index (χ0) is 24.7. The number of carbonyl (C=O) groups excluding carboxylic acids is 1. The van der Waals surface area contributed by atoms with Crippen LogP contribution in [0.15, 0.2) is 65.1 Å². The molecule has 0 radical (unpaired) electrons. The van der Waals surface area contributed by atoms with Crippen LogP contribution >= 0.6 is 15.9 Å². The highest BCUT2D eigenvalue weighted by Gasteiger charge is 2.37. The Morgan fingerprint density at radius 1 is 0.943 bits per heavy atom. The van der Waals surface area contributed by atoms with E-state index in [1.54, 1.807) is 42.5 Å².